The largest absolute Gasteiger partial charge is 0.495 e. The predicted molar refractivity (Wildman–Crippen MR) is 73.5 cm³/mol. The highest BCUT2D eigenvalue weighted by Crippen LogP contribution is 2.28. The Balaban J connectivity index is 2.86. The van der Waals surface area contributed by atoms with Crippen LogP contribution in [0.4, 0.5) is 10.5 Å². The van der Waals surface area contributed by atoms with Gasteiger partial charge in [-0.1, -0.05) is 6.07 Å². The van der Waals surface area contributed by atoms with E-state index in [2.05, 4.69) is 5.32 Å². The SMILES string of the molecule is COc1cc([C@H](C)O)ccc1NC(=O)OC(C)(C)C. The molecule has 1 aromatic rings. The number of rotatable bonds is 3. The molecule has 19 heavy (non-hydrogen) atoms. The van der Waals surface area contributed by atoms with Crippen LogP contribution in [0.5, 0.6) is 5.75 Å². The van der Waals surface area contributed by atoms with Gasteiger partial charge in [0.2, 0.25) is 0 Å². The summed E-state index contributed by atoms with van der Waals surface area (Å²) in [7, 11) is 1.50. The lowest BCUT2D eigenvalue weighted by Crippen LogP contribution is -2.27. The topological polar surface area (TPSA) is 67.8 Å². The first kappa shape index (κ1) is 15.3. The molecule has 1 amide bonds. The highest BCUT2D eigenvalue weighted by molar-refractivity contribution is 5.87. The fraction of sp³-hybridized carbons (Fsp3) is 0.500. The number of aliphatic hydroxyl groups excluding tert-OH is 1. The summed E-state index contributed by atoms with van der Waals surface area (Å²) in [5, 5.41) is 12.1. The zero-order valence-electron chi connectivity index (χ0n) is 12.0. The number of nitrogens with one attached hydrogen (secondary N) is 1. The van der Waals surface area contributed by atoms with Crippen molar-refractivity contribution in [2.75, 3.05) is 12.4 Å². The first-order chi connectivity index (χ1) is 8.73. The number of aliphatic hydroxyl groups is 1. The number of ether oxygens (including phenoxy) is 2. The fourth-order valence-electron chi connectivity index (χ4n) is 1.48. The lowest BCUT2D eigenvalue weighted by molar-refractivity contribution is 0.0635. The first-order valence-electron chi connectivity index (χ1n) is 6.09. The molecule has 0 unspecified atom stereocenters. The van der Waals surface area contributed by atoms with Crippen molar-refractivity contribution in [3.63, 3.8) is 0 Å². The van der Waals surface area contributed by atoms with Gasteiger partial charge in [0.05, 0.1) is 18.9 Å². The van der Waals surface area contributed by atoms with E-state index in [1.165, 1.54) is 7.11 Å². The summed E-state index contributed by atoms with van der Waals surface area (Å²) in [4.78, 5) is 11.7. The van der Waals surface area contributed by atoms with Gasteiger partial charge < -0.3 is 14.6 Å². The van der Waals surface area contributed by atoms with Crippen molar-refractivity contribution in [2.45, 2.75) is 39.4 Å². The Morgan fingerprint density at radius 3 is 2.47 bits per heavy atom. The lowest BCUT2D eigenvalue weighted by Gasteiger charge is -2.20. The minimum atomic E-state index is -0.593. The number of methoxy groups -OCH3 is 1. The second-order valence-electron chi connectivity index (χ2n) is 5.26. The summed E-state index contributed by atoms with van der Waals surface area (Å²) >= 11 is 0. The van der Waals surface area contributed by atoms with Gasteiger partial charge in [-0.05, 0) is 45.4 Å². The van der Waals surface area contributed by atoms with Gasteiger partial charge in [-0.25, -0.2) is 4.79 Å². The van der Waals surface area contributed by atoms with E-state index in [9.17, 15) is 9.90 Å². The molecule has 0 aliphatic carbocycles. The van der Waals surface area contributed by atoms with Gasteiger partial charge >= 0.3 is 6.09 Å². The Morgan fingerprint density at radius 1 is 1.37 bits per heavy atom. The van der Waals surface area contributed by atoms with Crippen molar-refractivity contribution in [1.82, 2.24) is 0 Å². The van der Waals surface area contributed by atoms with Crippen LogP contribution in [0, 0.1) is 0 Å². The third kappa shape index (κ3) is 4.79. The molecule has 1 aromatic carbocycles. The number of carbonyl (C=O) groups excluding carboxylic acids is 1. The van der Waals surface area contributed by atoms with Crippen LogP contribution in [-0.2, 0) is 4.74 Å². The maximum atomic E-state index is 11.7. The van der Waals surface area contributed by atoms with Crippen molar-refractivity contribution in [3.05, 3.63) is 23.8 Å². The first-order valence-corrected chi connectivity index (χ1v) is 6.09. The van der Waals surface area contributed by atoms with E-state index in [1.807, 2.05) is 0 Å². The molecule has 0 saturated heterocycles. The Bertz CT molecular complexity index is 449. The molecule has 2 N–H and O–H groups in total. The molecular formula is C14H21NO4. The van der Waals surface area contributed by atoms with Gasteiger partial charge in [-0.15, -0.1) is 0 Å². The van der Waals surface area contributed by atoms with Gasteiger partial charge in [-0.3, -0.25) is 5.32 Å². The van der Waals surface area contributed by atoms with Crippen molar-refractivity contribution in [3.8, 4) is 5.75 Å². The minimum Gasteiger partial charge on any atom is -0.495 e. The third-order valence-electron chi connectivity index (χ3n) is 2.34. The number of hydrogen-bond donors (Lipinski definition) is 2. The average Bonchev–Trinajstić information content (AvgIpc) is 2.26. The standard InChI is InChI=1S/C14H21NO4/c1-9(16)10-6-7-11(12(8-10)18-5)15-13(17)19-14(2,3)4/h6-9,16H,1-5H3,(H,15,17)/t9-/m0/s1. The van der Waals surface area contributed by atoms with Crippen molar-refractivity contribution >= 4 is 11.8 Å². The zero-order chi connectivity index (χ0) is 14.6. The summed E-state index contributed by atoms with van der Waals surface area (Å²) in [5.74, 6) is 0.476. The molecule has 5 nitrogen and oxygen atoms in total. The van der Waals surface area contributed by atoms with Crippen LogP contribution < -0.4 is 10.1 Å². The van der Waals surface area contributed by atoms with Crippen LogP contribution >= 0.6 is 0 Å². The number of anilines is 1. The van der Waals surface area contributed by atoms with Crippen LogP contribution in [-0.4, -0.2) is 23.9 Å². The van der Waals surface area contributed by atoms with Gasteiger partial charge in [0, 0.05) is 0 Å². The molecule has 0 saturated carbocycles. The summed E-state index contributed by atoms with van der Waals surface area (Å²) < 4.78 is 10.3. The Kier molecular flexibility index (Phi) is 4.78. The van der Waals surface area contributed by atoms with Crippen LogP contribution in [0.15, 0.2) is 18.2 Å². The van der Waals surface area contributed by atoms with Crippen LogP contribution in [0.3, 0.4) is 0 Å². The van der Waals surface area contributed by atoms with Crippen LogP contribution in [0.2, 0.25) is 0 Å². The molecular weight excluding hydrogens is 246 g/mol. The second-order valence-corrected chi connectivity index (χ2v) is 5.26. The smallest absolute Gasteiger partial charge is 0.412 e. The average molecular weight is 267 g/mol. The molecule has 0 spiro atoms. The van der Waals surface area contributed by atoms with Crippen molar-refractivity contribution in [2.24, 2.45) is 0 Å². The number of hydrogen-bond acceptors (Lipinski definition) is 4. The molecule has 0 fully saturated rings. The lowest BCUT2D eigenvalue weighted by atomic mass is 10.1. The van der Waals surface area contributed by atoms with E-state index < -0.39 is 17.8 Å². The fourth-order valence-corrected chi connectivity index (χ4v) is 1.48. The van der Waals surface area contributed by atoms with E-state index in [0.717, 1.165) is 0 Å². The highest BCUT2D eigenvalue weighted by atomic mass is 16.6. The third-order valence-corrected chi connectivity index (χ3v) is 2.34. The van der Waals surface area contributed by atoms with Crippen molar-refractivity contribution in [1.29, 1.82) is 0 Å². The van der Waals surface area contributed by atoms with E-state index >= 15 is 0 Å². The van der Waals surface area contributed by atoms with Gasteiger partial charge in [0.25, 0.3) is 0 Å². The predicted octanol–water partition coefficient (Wildman–Crippen LogP) is 3.10. The van der Waals surface area contributed by atoms with E-state index in [-0.39, 0.29) is 0 Å². The maximum Gasteiger partial charge on any atom is 0.412 e. The molecule has 5 heteroatoms. The molecule has 0 heterocycles. The maximum absolute atomic E-state index is 11.7. The van der Waals surface area contributed by atoms with E-state index in [4.69, 9.17) is 9.47 Å². The highest BCUT2D eigenvalue weighted by Gasteiger charge is 2.17. The van der Waals surface area contributed by atoms with Gasteiger partial charge in [-0.2, -0.15) is 0 Å². The molecule has 1 rings (SSSR count). The summed E-state index contributed by atoms with van der Waals surface area (Å²) in [5.41, 5.74) is 0.657. The molecule has 106 valence electrons. The zero-order valence-corrected chi connectivity index (χ0v) is 12.0. The number of amides is 1. The second kappa shape index (κ2) is 5.93. The Hall–Kier alpha value is -1.75. The minimum absolute atomic E-state index is 0.476. The monoisotopic (exact) mass is 267 g/mol. The van der Waals surface area contributed by atoms with E-state index in [0.29, 0.717) is 17.0 Å². The van der Waals surface area contributed by atoms with Gasteiger partial charge in [0.15, 0.2) is 0 Å². The summed E-state index contributed by atoms with van der Waals surface area (Å²) in [6, 6.07) is 5.07. The number of carbonyl (C=O) groups is 1. The summed E-state index contributed by atoms with van der Waals surface area (Å²) in [6.07, 6.45) is -1.14. The molecule has 0 radical (unpaired) electrons. The van der Waals surface area contributed by atoms with Gasteiger partial charge in [0.1, 0.15) is 11.4 Å². The van der Waals surface area contributed by atoms with Crippen LogP contribution in [0.25, 0.3) is 0 Å². The van der Waals surface area contributed by atoms with Crippen molar-refractivity contribution < 1.29 is 19.4 Å². The van der Waals surface area contributed by atoms with E-state index in [1.54, 1.807) is 45.9 Å². The normalized spacial score (nSPS) is 12.7. The molecule has 0 aliphatic rings. The Labute approximate surface area is 113 Å². The molecule has 0 bridgehead atoms. The summed E-state index contributed by atoms with van der Waals surface area (Å²) in [6.45, 7) is 7.04. The molecule has 0 aromatic heterocycles. The number of benzene rings is 1. The molecule has 1 atom stereocenters. The molecule has 0 aliphatic heterocycles. The Morgan fingerprint density at radius 2 is 2.00 bits per heavy atom. The van der Waals surface area contributed by atoms with Crippen LogP contribution in [0.1, 0.15) is 39.4 Å². The quantitative estimate of drug-likeness (QED) is 0.883.